The van der Waals surface area contributed by atoms with Crippen molar-refractivity contribution < 1.29 is 4.80 Å². The average Bonchev–Trinajstić information content (AvgIpc) is 2.29. The molecule has 102 valence electrons. The van der Waals surface area contributed by atoms with Gasteiger partial charge in [-0.1, -0.05) is 72.1 Å². The fourth-order valence-corrected chi connectivity index (χ4v) is 2.72. The lowest BCUT2D eigenvalue weighted by molar-refractivity contribution is 0.285. The molecule has 0 aliphatic rings. The molecular weight excluding hydrogens is 224 g/mol. The molecule has 0 amide bonds. The van der Waals surface area contributed by atoms with Gasteiger partial charge in [0.25, 0.3) is 0 Å². The Balaban J connectivity index is 3.37. The summed E-state index contributed by atoms with van der Waals surface area (Å²) in [7, 11) is 0.152. The Morgan fingerprint density at radius 1 is 0.824 bits per heavy atom. The predicted octanol–water partition coefficient (Wildman–Crippen LogP) is 4.96. The standard InChI is InChI=1S/C15H32OSi/c1-4-5-6-7-8-9-12-15(2,3)13-10-11-14-17-16/h16H,4-14H2,1-3H3. The van der Waals surface area contributed by atoms with Crippen molar-refractivity contribution in [3.63, 3.8) is 0 Å². The predicted molar refractivity (Wildman–Crippen MR) is 78.4 cm³/mol. The van der Waals surface area contributed by atoms with Crippen LogP contribution in [0.4, 0.5) is 0 Å². The number of rotatable bonds is 12. The highest BCUT2D eigenvalue weighted by Crippen LogP contribution is 2.30. The zero-order chi connectivity index (χ0) is 13.0. The second-order valence-electron chi connectivity index (χ2n) is 6.05. The Bertz CT molecular complexity index is 157. The van der Waals surface area contributed by atoms with E-state index >= 15 is 0 Å². The molecule has 0 rings (SSSR count). The lowest BCUT2D eigenvalue weighted by Crippen LogP contribution is -2.11. The molecule has 0 unspecified atom stereocenters. The van der Waals surface area contributed by atoms with Crippen molar-refractivity contribution >= 4 is 9.76 Å². The third-order valence-corrected chi connectivity index (χ3v) is 4.18. The summed E-state index contributed by atoms with van der Waals surface area (Å²) in [6.07, 6.45) is 13.6. The third-order valence-electron chi connectivity index (χ3n) is 3.60. The van der Waals surface area contributed by atoms with Crippen molar-refractivity contribution in [2.24, 2.45) is 5.41 Å². The van der Waals surface area contributed by atoms with E-state index in [2.05, 4.69) is 20.8 Å². The van der Waals surface area contributed by atoms with Gasteiger partial charge in [-0.05, 0) is 24.3 Å². The van der Waals surface area contributed by atoms with Crippen LogP contribution in [0, 0.1) is 5.41 Å². The molecule has 0 aliphatic heterocycles. The average molecular weight is 257 g/mol. The van der Waals surface area contributed by atoms with E-state index in [-0.39, 0.29) is 9.76 Å². The summed E-state index contributed by atoms with van der Waals surface area (Å²) in [5.41, 5.74) is 0.517. The van der Waals surface area contributed by atoms with Crippen molar-refractivity contribution in [3.8, 4) is 0 Å². The second kappa shape index (κ2) is 11.3. The van der Waals surface area contributed by atoms with Crippen molar-refractivity contribution in [1.29, 1.82) is 0 Å². The van der Waals surface area contributed by atoms with Crippen molar-refractivity contribution in [2.45, 2.75) is 91.0 Å². The van der Waals surface area contributed by atoms with Gasteiger partial charge in [-0.15, -0.1) is 0 Å². The molecule has 0 saturated heterocycles. The minimum atomic E-state index is 0.152. The first kappa shape index (κ1) is 17.2. The largest absolute Gasteiger partial charge is 0.432 e. The summed E-state index contributed by atoms with van der Waals surface area (Å²) in [6.45, 7) is 7.08. The van der Waals surface area contributed by atoms with E-state index in [1.165, 1.54) is 64.2 Å². The molecule has 0 heterocycles. The Kier molecular flexibility index (Phi) is 11.4. The van der Waals surface area contributed by atoms with Crippen LogP contribution in [0.25, 0.3) is 0 Å². The van der Waals surface area contributed by atoms with Crippen LogP contribution in [0.3, 0.4) is 0 Å². The van der Waals surface area contributed by atoms with E-state index < -0.39 is 0 Å². The molecule has 0 atom stereocenters. The van der Waals surface area contributed by atoms with Crippen LogP contribution in [-0.4, -0.2) is 14.6 Å². The number of hydrogen-bond acceptors (Lipinski definition) is 1. The fraction of sp³-hybridized carbons (Fsp3) is 1.00. The Hall–Kier alpha value is 0.177. The monoisotopic (exact) mass is 256 g/mol. The van der Waals surface area contributed by atoms with E-state index in [1.54, 1.807) is 0 Å². The zero-order valence-electron chi connectivity index (χ0n) is 12.2. The van der Waals surface area contributed by atoms with Gasteiger partial charge < -0.3 is 4.80 Å². The summed E-state index contributed by atoms with van der Waals surface area (Å²) in [5, 5.41) is 0. The third kappa shape index (κ3) is 12.4. The number of unbranched alkanes of at least 4 members (excludes halogenated alkanes) is 6. The highest BCUT2D eigenvalue weighted by atomic mass is 28.2. The first-order valence-electron chi connectivity index (χ1n) is 7.49. The van der Waals surface area contributed by atoms with E-state index in [0.717, 1.165) is 6.04 Å². The molecule has 0 fully saturated rings. The van der Waals surface area contributed by atoms with Gasteiger partial charge in [0.05, 0.1) is 0 Å². The van der Waals surface area contributed by atoms with Crippen LogP contribution in [-0.2, 0) is 0 Å². The van der Waals surface area contributed by atoms with E-state index in [4.69, 9.17) is 4.80 Å². The van der Waals surface area contributed by atoms with E-state index in [0.29, 0.717) is 5.41 Å². The van der Waals surface area contributed by atoms with Crippen LogP contribution in [0.5, 0.6) is 0 Å². The van der Waals surface area contributed by atoms with Crippen LogP contribution in [0.15, 0.2) is 0 Å². The lowest BCUT2D eigenvalue weighted by Gasteiger charge is -2.24. The maximum absolute atomic E-state index is 8.77. The minimum Gasteiger partial charge on any atom is -0.432 e. The Morgan fingerprint density at radius 2 is 1.35 bits per heavy atom. The van der Waals surface area contributed by atoms with Gasteiger partial charge >= 0.3 is 0 Å². The van der Waals surface area contributed by atoms with Gasteiger partial charge in [-0.2, -0.15) is 0 Å². The highest BCUT2D eigenvalue weighted by Gasteiger charge is 2.16. The van der Waals surface area contributed by atoms with Crippen molar-refractivity contribution in [3.05, 3.63) is 0 Å². The summed E-state index contributed by atoms with van der Waals surface area (Å²) >= 11 is 0. The molecule has 0 aromatic carbocycles. The smallest absolute Gasteiger partial charge is 0.224 e. The molecule has 2 radical (unpaired) electrons. The molecular formula is C15H32OSi. The molecule has 1 N–H and O–H groups in total. The highest BCUT2D eigenvalue weighted by molar-refractivity contribution is 6.25. The van der Waals surface area contributed by atoms with Crippen LogP contribution >= 0.6 is 0 Å². The van der Waals surface area contributed by atoms with Gasteiger partial charge in [0.2, 0.25) is 9.76 Å². The maximum atomic E-state index is 8.77. The topological polar surface area (TPSA) is 20.2 Å². The first-order chi connectivity index (χ1) is 8.12. The molecule has 0 spiro atoms. The van der Waals surface area contributed by atoms with Gasteiger partial charge in [-0.25, -0.2) is 0 Å². The van der Waals surface area contributed by atoms with E-state index in [1.807, 2.05) is 0 Å². The van der Waals surface area contributed by atoms with E-state index in [9.17, 15) is 0 Å². The number of hydrogen-bond donors (Lipinski definition) is 1. The summed E-state index contributed by atoms with van der Waals surface area (Å²) in [6, 6.07) is 1.01. The van der Waals surface area contributed by atoms with Crippen LogP contribution in [0.2, 0.25) is 6.04 Å². The lowest BCUT2D eigenvalue weighted by atomic mass is 9.82. The van der Waals surface area contributed by atoms with Crippen molar-refractivity contribution in [1.82, 2.24) is 0 Å². The molecule has 0 saturated carbocycles. The minimum absolute atomic E-state index is 0.152. The van der Waals surface area contributed by atoms with Gasteiger partial charge in [-0.3, -0.25) is 0 Å². The molecule has 0 aromatic rings. The molecule has 0 bridgehead atoms. The SMILES string of the molecule is CCCCCCCCC(C)(C)CCCC[Si]O. The Morgan fingerprint density at radius 3 is 1.94 bits per heavy atom. The van der Waals surface area contributed by atoms with Gasteiger partial charge in [0.1, 0.15) is 0 Å². The second-order valence-corrected chi connectivity index (χ2v) is 6.86. The molecule has 0 aliphatic carbocycles. The van der Waals surface area contributed by atoms with Gasteiger partial charge in [0.15, 0.2) is 0 Å². The summed E-state index contributed by atoms with van der Waals surface area (Å²) < 4.78 is 0. The normalized spacial score (nSPS) is 12.0. The van der Waals surface area contributed by atoms with Crippen LogP contribution < -0.4 is 0 Å². The molecule has 17 heavy (non-hydrogen) atoms. The Labute approximate surface area is 111 Å². The first-order valence-corrected chi connectivity index (χ1v) is 8.65. The molecule has 1 nitrogen and oxygen atoms in total. The van der Waals surface area contributed by atoms with Crippen LogP contribution in [0.1, 0.15) is 85.0 Å². The zero-order valence-corrected chi connectivity index (χ0v) is 13.2. The molecule has 2 heteroatoms. The summed E-state index contributed by atoms with van der Waals surface area (Å²) in [4.78, 5) is 8.77. The maximum Gasteiger partial charge on any atom is 0.224 e. The van der Waals surface area contributed by atoms with Gasteiger partial charge in [0, 0.05) is 0 Å². The fourth-order valence-electron chi connectivity index (χ4n) is 2.32. The summed E-state index contributed by atoms with van der Waals surface area (Å²) in [5.74, 6) is 0. The van der Waals surface area contributed by atoms with Crippen molar-refractivity contribution in [2.75, 3.05) is 0 Å². The molecule has 0 aromatic heterocycles. The quantitative estimate of drug-likeness (QED) is 0.386.